The van der Waals surface area contributed by atoms with Gasteiger partial charge in [0.25, 0.3) is 0 Å². The third kappa shape index (κ3) is 1.88. The van der Waals surface area contributed by atoms with Gasteiger partial charge in [0.2, 0.25) is 0 Å². The molecule has 0 amide bonds. The van der Waals surface area contributed by atoms with Crippen molar-refractivity contribution >= 4 is 16.7 Å². The van der Waals surface area contributed by atoms with E-state index in [-0.39, 0.29) is 6.61 Å². The Labute approximate surface area is 95.1 Å². The Morgan fingerprint density at radius 3 is 3.00 bits per heavy atom. The topological polar surface area (TPSA) is 41.3 Å². The number of hydrogen-bond donors (Lipinski definition) is 1. The van der Waals surface area contributed by atoms with E-state index >= 15 is 0 Å². The Morgan fingerprint density at radius 1 is 1.44 bits per heavy atom. The number of nitrogens with zero attached hydrogens (tertiary/aromatic N) is 3. The molecule has 0 aliphatic heterocycles. The van der Waals surface area contributed by atoms with Gasteiger partial charge in [-0.2, -0.15) is 0 Å². The normalized spacial score (nSPS) is 10.9. The zero-order chi connectivity index (χ0) is 11.5. The molecule has 0 unspecified atom stereocenters. The number of hydrogen-bond acceptors (Lipinski definition) is 3. The lowest BCUT2D eigenvalue weighted by atomic mass is 10.2. The maximum atomic E-state index is 8.83. The summed E-state index contributed by atoms with van der Waals surface area (Å²) in [5, 5.41) is 8.83. The van der Waals surface area contributed by atoms with E-state index in [0.29, 0.717) is 0 Å². The highest BCUT2D eigenvalue weighted by Gasteiger charge is 2.08. The number of aryl methyl sites for hydroxylation is 1. The highest BCUT2D eigenvalue weighted by atomic mass is 16.3. The standard InChI is InChI=1S/C12H17N3O/c1-14(7-4-8-16)10-5-3-6-11-12(10)13-9-15(11)2/h3,5-6,9,16H,4,7-8H2,1-2H3. The summed E-state index contributed by atoms with van der Waals surface area (Å²) < 4.78 is 2.01. The summed E-state index contributed by atoms with van der Waals surface area (Å²) in [6, 6.07) is 6.16. The number of para-hydroxylation sites is 1. The lowest BCUT2D eigenvalue weighted by molar-refractivity contribution is 0.290. The van der Waals surface area contributed by atoms with Gasteiger partial charge in [0.1, 0.15) is 5.52 Å². The fraction of sp³-hybridized carbons (Fsp3) is 0.417. The second kappa shape index (κ2) is 4.53. The smallest absolute Gasteiger partial charge is 0.112 e. The Balaban J connectivity index is 2.36. The Kier molecular flexibility index (Phi) is 3.10. The van der Waals surface area contributed by atoms with Crippen LogP contribution in [0.15, 0.2) is 24.5 Å². The highest BCUT2D eigenvalue weighted by molar-refractivity contribution is 5.88. The molecule has 1 N–H and O–H groups in total. The molecule has 2 aromatic rings. The molecule has 16 heavy (non-hydrogen) atoms. The van der Waals surface area contributed by atoms with Crippen LogP contribution in [-0.2, 0) is 7.05 Å². The van der Waals surface area contributed by atoms with Crippen molar-refractivity contribution in [3.8, 4) is 0 Å². The van der Waals surface area contributed by atoms with Crippen molar-refractivity contribution in [2.45, 2.75) is 6.42 Å². The number of aliphatic hydroxyl groups is 1. The molecular weight excluding hydrogens is 202 g/mol. The van der Waals surface area contributed by atoms with E-state index in [2.05, 4.69) is 22.0 Å². The van der Waals surface area contributed by atoms with Crippen molar-refractivity contribution in [3.05, 3.63) is 24.5 Å². The summed E-state index contributed by atoms with van der Waals surface area (Å²) >= 11 is 0. The number of imidazole rings is 1. The first kappa shape index (κ1) is 11.0. The van der Waals surface area contributed by atoms with Crippen molar-refractivity contribution in [1.82, 2.24) is 9.55 Å². The Hall–Kier alpha value is -1.55. The first-order chi connectivity index (χ1) is 7.74. The van der Waals surface area contributed by atoms with E-state index in [0.717, 1.165) is 29.7 Å². The van der Waals surface area contributed by atoms with Gasteiger partial charge in [0.15, 0.2) is 0 Å². The molecule has 86 valence electrons. The largest absolute Gasteiger partial charge is 0.396 e. The van der Waals surface area contributed by atoms with Gasteiger partial charge in [-0.3, -0.25) is 0 Å². The van der Waals surface area contributed by atoms with Crippen molar-refractivity contribution in [3.63, 3.8) is 0 Å². The zero-order valence-electron chi connectivity index (χ0n) is 9.72. The van der Waals surface area contributed by atoms with Gasteiger partial charge in [-0.25, -0.2) is 4.98 Å². The van der Waals surface area contributed by atoms with Crippen LogP contribution >= 0.6 is 0 Å². The fourth-order valence-corrected chi connectivity index (χ4v) is 1.88. The number of aromatic nitrogens is 2. The number of aliphatic hydroxyl groups excluding tert-OH is 1. The molecule has 0 saturated carbocycles. The van der Waals surface area contributed by atoms with Gasteiger partial charge in [0, 0.05) is 27.2 Å². The van der Waals surface area contributed by atoms with Gasteiger partial charge in [-0.1, -0.05) is 6.07 Å². The van der Waals surface area contributed by atoms with Gasteiger partial charge < -0.3 is 14.6 Å². The maximum absolute atomic E-state index is 8.83. The Bertz CT molecular complexity index is 478. The highest BCUT2D eigenvalue weighted by Crippen LogP contribution is 2.24. The summed E-state index contributed by atoms with van der Waals surface area (Å²) in [5.74, 6) is 0. The molecule has 0 saturated heterocycles. The average Bonchev–Trinajstić information content (AvgIpc) is 2.68. The van der Waals surface area contributed by atoms with Crippen molar-refractivity contribution < 1.29 is 5.11 Å². The fourth-order valence-electron chi connectivity index (χ4n) is 1.88. The number of anilines is 1. The molecule has 2 rings (SSSR count). The van der Waals surface area contributed by atoms with Crippen molar-refractivity contribution in [2.24, 2.45) is 7.05 Å². The van der Waals surface area contributed by atoms with Gasteiger partial charge in [0.05, 0.1) is 17.5 Å². The number of benzene rings is 1. The molecular formula is C12H17N3O. The summed E-state index contributed by atoms with van der Waals surface area (Å²) in [7, 11) is 4.02. The molecule has 1 heterocycles. The van der Waals surface area contributed by atoms with Crippen LogP contribution in [0.1, 0.15) is 6.42 Å². The molecule has 4 heteroatoms. The summed E-state index contributed by atoms with van der Waals surface area (Å²) in [6.07, 6.45) is 2.60. The first-order valence-electron chi connectivity index (χ1n) is 5.46. The van der Waals surface area contributed by atoms with E-state index in [4.69, 9.17) is 5.11 Å². The van der Waals surface area contributed by atoms with Gasteiger partial charge in [-0.05, 0) is 18.6 Å². The number of rotatable bonds is 4. The van der Waals surface area contributed by atoms with Gasteiger partial charge in [-0.15, -0.1) is 0 Å². The lowest BCUT2D eigenvalue weighted by Gasteiger charge is -2.19. The third-order valence-corrected chi connectivity index (χ3v) is 2.80. The van der Waals surface area contributed by atoms with Crippen LogP contribution < -0.4 is 4.90 Å². The van der Waals surface area contributed by atoms with Crippen molar-refractivity contribution in [1.29, 1.82) is 0 Å². The third-order valence-electron chi connectivity index (χ3n) is 2.80. The molecule has 0 atom stereocenters. The lowest BCUT2D eigenvalue weighted by Crippen LogP contribution is -2.19. The molecule has 0 radical (unpaired) electrons. The molecule has 4 nitrogen and oxygen atoms in total. The van der Waals surface area contributed by atoms with E-state index < -0.39 is 0 Å². The second-order valence-corrected chi connectivity index (χ2v) is 4.00. The monoisotopic (exact) mass is 219 g/mol. The van der Waals surface area contributed by atoms with E-state index in [1.165, 1.54) is 0 Å². The molecule has 1 aromatic heterocycles. The van der Waals surface area contributed by atoms with Gasteiger partial charge >= 0.3 is 0 Å². The molecule has 0 fully saturated rings. The molecule has 0 aliphatic carbocycles. The van der Waals surface area contributed by atoms with Crippen LogP contribution in [0.3, 0.4) is 0 Å². The predicted molar refractivity (Wildman–Crippen MR) is 65.7 cm³/mol. The van der Waals surface area contributed by atoms with Crippen molar-refractivity contribution in [2.75, 3.05) is 25.1 Å². The minimum absolute atomic E-state index is 0.225. The minimum atomic E-state index is 0.225. The van der Waals surface area contributed by atoms with Crippen LogP contribution in [0.2, 0.25) is 0 Å². The maximum Gasteiger partial charge on any atom is 0.112 e. The van der Waals surface area contributed by atoms with Crippen LogP contribution in [0.25, 0.3) is 11.0 Å². The number of fused-ring (bicyclic) bond motifs is 1. The summed E-state index contributed by atoms with van der Waals surface area (Å²) in [5.41, 5.74) is 3.27. The molecule has 1 aromatic carbocycles. The van der Waals surface area contributed by atoms with Crippen LogP contribution in [0.4, 0.5) is 5.69 Å². The van der Waals surface area contributed by atoms with E-state index in [1.54, 1.807) is 0 Å². The molecule has 0 bridgehead atoms. The summed E-state index contributed by atoms with van der Waals surface area (Å²) in [4.78, 5) is 6.54. The second-order valence-electron chi connectivity index (χ2n) is 4.00. The first-order valence-corrected chi connectivity index (χ1v) is 5.46. The minimum Gasteiger partial charge on any atom is -0.396 e. The predicted octanol–water partition coefficient (Wildman–Crippen LogP) is 1.39. The molecule has 0 spiro atoms. The van der Waals surface area contributed by atoms with E-state index in [9.17, 15) is 0 Å². The Morgan fingerprint density at radius 2 is 2.25 bits per heavy atom. The summed E-state index contributed by atoms with van der Waals surface area (Å²) in [6.45, 7) is 1.06. The quantitative estimate of drug-likeness (QED) is 0.845. The van der Waals surface area contributed by atoms with Crippen LogP contribution in [0, 0.1) is 0 Å². The van der Waals surface area contributed by atoms with Crippen LogP contribution in [0.5, 0.6) is 0 Å². The molecule has 0 aliphatic rings. The SMILES string of the molecule is CN(CCCO)c1cccc2c1ncn2C. The van der Waals surface area contributed by atoms with Crippen LogP contribution in [-0.4, -0.2) is 34.9 Å². The average molecular weight is 219 g/mol. The van der Waals surface area contributed by atoms with E-state index in [1.807, 2.05) is 31.1 Å². The zero-order valence-corrected chi connectivity index (χ0v) is 9.72.